The smallest absolute Gasteiger partial charge is 0.228 e. The van der Waals surface area contributed by atoms with Gasteiger partial charge in [-0.2, -0.15) is 0 Å². The second kappa shape index (κ2) is 6.39. The Kier molecular flexibility index (Phi) is 4.32. The third kappa shape index (κ3) is 3.24. The molecule has 0 aliphatic carbocycles. The van der Waals surface area contributed by atoms with Crippen molar-refractivity contribution in [3.63, 3.8) is 0 Å². The zero-order chi connectivity index (χ0) is 15.5. The van der Waals surface area contributed by atoms with Crippen molar-refractivity contribution in [2.24, 2.45) is 0 Å². The molecule has 0 saturated heterocycles. The van der Waals surface area contributed by atoms with Crippen LogP contribution in [-0.4, -0.2) is 5.91 Å². The van der Waals surface area contributed by atoms with E-state index in [9.17, 15) is 4.79 Å². The Bertz CT molecular complexity index is 840. The van der Waals surface area contributed by atoms with Crippen molar-refractivity contribution in [3.8, 4) is 0 Å². The lowest BCUT2D eigenvalue weighted by molar-refractivity contribution is -0.115. The monoisotopic (exact) mass is 329 g/mol. The van der Waals surface area contributed by atoms with Crippen molar-refractivity contribution in [2.45, 2.75) is 6.42 Å². The molecule has 3 aromatic carbocycles. The molecule has 110 valence electrons. The second-order valence-electron chi connectivity index (χ2n) is 5.00. The molecule has 3 rings (SSSR count). The van der Waals surface area contributed by atoms with E-state index in [2.05, 4.69) is 5.32 Å². The van der Waals surface area contributed by atoms with Crippen LogP contribution in [-0.2, 0) is 11.2 Å². The maximum Gasteiger partial charge on any atom is 0.228 e. The summed E-state index contributed by atoms with van der Waals surface area (Å²) in [5.74, 6) is -0.0882. The summed E-state index contributed by atoms with van der Waals surface area (Å²) < 4.78 is 0. The van der Waals surface area contributed by atoms with Gasteiger partial charge in [0.15, 0.2) is 0 Å². The largest absolute Gasteiger partial charge is 0.325 e. The van der Waals surface area contributed by atoms with Crippen LogP contribution < -0.4 is 5.32 Å². The van der Waals surface area contributed by atoms with Crippen LogP contribution in [0.5, 0.6) is 0 Å². The lowest BCUT2D eigenvalue weighted by Gasteiger charge is -2.09. The number of hydrogen-bond donors (Lipinski definition) is 1. The molecule has 4 heteroatoms. The van der Waals surface area contributed by atoms with Crippen molar-refractivity contribution in [1.82, 2.24) is 0 Å². The number of carbonyl (C=O) groups is 1. The van der Waals surface area contributed by atoms with Crippen LogP contribution in [0.15, 0.2) is 60.7 Å². The number of rotatable bonds is 3. The van der Waals surface area contributed by atoms with E-state index < -0.39 is 0 Å². The van der Waals surface area contributed by atoms with Gasteiger partial charge in [0.2, 0.25) is 5.91 Å². The van der Waals surface area contributed by atoms with E-state index in [1.165, 1.54) is 0 Å². The summed E-state index contributed by atoms with van der Waals surface area (Å²) in [7, 11) is 0. The first-order valence-electron chi connectivity index (χ1n) is 6.85. The molecule has 0 bridgehead atoms. The highest BCUT2D eigenvalue weighted by molar-refractivity contribution is 6.42. The molecule has 0 atom stereocenters. The van der Waals surface area contributed by atoms with Crippen LogP contribution >= 0.6 is 23.2 Å². The lowest BCUT2D eigenvalue weighted by atomic mass is 10.1. The van der Waals surface area contributed by atoms with Gasteiger partial charge in [-0.1, -0.05) is 65.7 Å². The topological polar surface area (TPSA) is 29.1 Å². The minimum atomic E-state index is -0.0882. The Morgan fingerprint density at radius 1 is 0.909 bits per heavy atom. The van der Waals surface area contributed by atoms with Crippen LogP contribution in [0.4, 0.5) is 5.69 Å². The molecule has 1 amide bonds. The van der Waals surface area contributed by atoms with Crippen molar-refractivity contribution >= 4 is 45.6 Å². The quantitative estimate of drug-likeness (QED) is 0.691. The second-order valence-corrected chi connectivity index (χ2v) is 5.81. The Balaban J connectivity index is 1.80. The molecule has 0 aliphatic heterocycles. The predicted octanol–water partition coefficient (Wildman–Crippen LogP) is 5.33. The highest BCUT2D eigenvalue weighted by Gasteiger charge is 2.08. The van der Waals surface area contributed by atoms with Gasteiger partial charge in [-0.05, 0) is 29.1 Å². The number of amides is 1. The molecule has 0 radical (unpaired) electrons. The normalized spacial score (nSPS) is 10.6. The summed E-state index contributed by atoms with van der Waals surface area (Å²) in [6, 6.07) is 19.0. The van der Waals surface area contributed by atoms with Crippen LogP contribution in [0.25, 0.3) is 10.8 Å². The van der Waals surface area contributed by atoms with Crippen LogP contribution in [0.1, 0.15) is 5.56 Å². The van der Waals surface area contributed by atoms with Gasteiger partial charge in [0.25, 0.3) is 0 Å². The van der Waals surface area contributed by atoms with Gasteiger partial charge in [-0.25, -0.2) is 0 Å². The summed E-state index contributed by atoms with van der Waals surface area (Å²) in [6.45, 7) is 0. The van der Waals surface area contributed by atoms with Crippen molar-refractivity contribution in [1.29, 1.82) is 0 Å². The molecule has 1 N–H and O–H groups in total. The van der Waals surface area contributed by atoms with Gasteiger partial charge in [0, 0.05) is 11.1 Å². The van der Waals surface area contributed by atoms with Gasteiger partial charge < -0.3 is 5.32 Å². The average molecular weight is 330 g/mol. The number of hydrogen-bond acceptors (Lipinski definition) is 1. The van der Waals surface area contributed by atoms with E-state index in [-0.39, 0.29) is 12.3 Å². The number of benzene rings is 3. The maximum atomic E-state index is 12.2. The summed E-state index contributed by atoms with van der Waals surface area (Å²) in [5.41, 5.74) is 1.63. The molecule has 0 fully saturated rings. The first-order chi connectivity index (χ1) is 10.6. The number of nitrogens with one attached hydrogen (secondary N) is 1. The standard InChI is InChI=1S/C18H13Cl2NO/c19-15-9-8-12(10-16(15)20)11-18(22)21-17-7-3-5-13-4-1-2-6-14(13)17/h1-10H,11H2,(H,21,22). The van der Waals surface area contributed by atoms with Gasteiger partial charge >= 0.3 is 0 Å². The van der Waals surface area contributed by atoms with Crippen molar-refractivity contribution in [3.05, 3.63) is 76.3 Å². The number of fused-ring (bicyclic) bond motifs is 1. The first kappa shape index (κ1) is 14.9. The summed E-state index contributed by atoms with van der Waals surface area (Å²) >= 11 is 11.9. The molecule has 0 unspecified atom stereocenters. The molecule has 22 heavy (non-hydrogen) atoms. The van der Waals surface area contributed by atoms with Crippen LogP contribution in [0.2, 0.25) is 10.0 Å². The predicted molar refractivity (Wildman–Crippen MR) is 92.7 cm³/mol. The van der Waals surface area contributed by atoms with E-state index in [0.717, 1.165) is 22.0 Å². The molecular formula is C18H13Cl2NO. The van der Waals surface area contributed by atoms with E-state index in [1.807, 2.05) is 42.5 Å². The van der Waals surface area contributed by atoms with E-state index in [4.69, 9.17) is 23.2 Å². The van der Waals surface area contributed by atoms with Gasteiger partial charge in [-0.15, -0.1) is 0 Å². The highest BCUT2D eigenvalue weighted by Crippen LogP contribution is 2.25. The van der Waals surface area contributed by atoms with Crippen molar-refractivity contribution < 1.29 is 4.79 Å². The fourth-order valence-corrected chi connectivity index (χ4v) is 2.68. The van der Waals surface area contributed by atoms with E-state index in [1.54, 1.807) is 18.2 Å². The number of carbonyl (C=O) groups excluding carboxylic acids is 1. The summed E-state index contributed by atoms with van der Waals surface area (Å²) in [4.78, 5) is 12.2. The van der Waals surface area contributed by atoms with Gasteiger partial charge in [0.05, 0.1) is 16.5 Å². The Hall–Kier alpha value is -2.03. The SMILES string of the molecule is O=C(Cc1ccc(Cl)c(Cl)c1)Nc1cccc2ccccc12. The molecule has 0 spiro atoms. The minimum absolute atomic E-state index is 0.0882. The Morgan fingerprint density at radius 3 is 2.50 bits per heavy atom. The van der Waals surface area contributed by atoms with Gasteiger partial charge in [-0.3, -0.25) is 4.79 Å². The molecule has 0 aromatic heterocycles. The summed E-state index contributed by atoms with van der Waals surface area (Å²) in [5, 5.41) is 6.01. The highest BCUT2D eigenvalue weighted by atomic mass is 35.5. The lowest BCUT2D eigenvalue weighted by Crippen LogP contribution is -2.14. The van der Waals surface area contributed by atoms with E-state index in [0.29, 0.717) is 10.0 Å². The molecule has 0 aliphatic rings. The fourth-order valence-electron chi connectivity index (χ4n) is 2.36. The molecule has 0 saturated carbocycles. The average Bonchev–Trinajstić information content (AvgIpc) is 2.51. The van der Waals surface area contributed by atoms with Gasteiger partial charge in [0.1, 0.15) is 0 Å². The molecule has 2 nitrogen and oxygen atoms in total. The number of anilines is 1. The zero-order valence-corrected chi connectivity index (χ0v) is 13.2. The molecule has 0 heterocycles. The third-order valence-corrected chi connectivity index (χ3v) is 4.15. The summed E-state index contributed by atoms with van der Waals surface area (Å²) in [6.07, 6.45) is 0.250. The Labute approximate surface area is 138 Å². The minimum Gasteiger partial charge on any atom is -0.325 e. The third-order valence-electron chi connectivity index (χ3n) is 3.41. The van der Waals surface area contributed by atoms with Crippen molar-refractivity contribution in [2.75, 3.05) is 5.32 Å². The van der Waals surface area contributed by atoms with E-state index >= 15 is 0 Å². The number of halogens is 2. The maximum absolute atomic E-state index is 12.2. The molecular weight excluding hydrogens is 317 g/mol. The Morgan fingerprint density at radius 2 is 1.68 bits per heavy atom. The zero-order valence-electron chi connectivity index (χ0n) is 11.6. The first-order valence-corrected chi connectivity index (χ1v) is 7.60. The molecule has 3 aromatic rings. The van der Waals surface area contributed by atoms with Crippen LogP contribution in [0, 0.1) is 0 Å². The van der Waals surface area contributed by atoms with Crippen LogP contribution in [0.3, 0.4) is 0 Å². The fraction of sp³-hybridized carbons (Fsp3) is 0.0556.